The first-order valence-electron chi connectivity index (χ1n) is 8.86. The quantitative estimate of drug-likeness (QED) is 0.735. The van der Waals surface area contributed by atoms with Gasteiger partial charge in [0.2, 0.25) is 0 Å². The summed E-state index contributed by atoms with van der Waals surface area (Å²) >= 11 is 5.95. The summed E-state index contributed by atoms with van der Waals surface area (Å²) in [6, 6.07) is 12.4. The van der Waals surface area contributed by atoms with Crippen molar-refractivity contribution in [2.24, 2.45) is 0 Å². The van der Waals surface area contributed by atoms with Crippen molar-refractivity contribution in [1.82, 2.24) is 4.90 Å². The number of halogens is 1. The Balaban J connectivity index is 1.72. The van der Waals surface area contributed by atoms with E-state index in [4.69, 9.17) is 11.6 Å². The van der Waals surface area contributed by atoms with Crippen LogP contribution in [0.3, 0.4) is 0 Å². The van der Waals surface area contributed by atoms with Crippen LogP contribution in [0.2, 0.25) is 5.02 Å². The number of anilines is 1. The Hall–Kier alpha value is -2.05. The molecule has 0 spiro atoms. The Labute approximate surface area is 164 Å². The van der Waals surface area contributed by atoms with Crippen LogP contribution in [-0.2, 0) is 16.4 Å². The van der Waals surface area contributed by atoms with Crippen LogP contribution in [0.5, 0.6) is 0 Å². The average Bonchev–Trinajstić information content (AvgIpc) is 2.99. The highest BCUT2D eigenvalue weighted by molar-refractivity contribution is 7.91. The number of carbonyl (C=O) groups is 1. The lowest BCUT2D eigenvalue weighted by Gasteiger charge is -2.23. The third kappa shape index (κ3) is 3.44. The van der Waals surface area contributed by atoms with Crippen molar-refractivity contribution in [2.75, 3.05) is 16.4 Å². The summed E-state index contributed by atoms with van der Waals surface area (Å²) in [5.41, 5.74) is 3.79. The molecule has 2 aromatic carbocycles. The van der Waals surface area contributed by atoms with E-state index in [1.807, 2.05) is 44.2 Å². The maximum Gasteiger partial charge on any atom is 0.325 e. The van der Waals surface area contributed by atoms with Gasteiger partial charge in [0.1, 0.15) is 0 Å². The first-order chi connectivity index (χ1) is 12.7. The number of fused-ring (bicyclic) bond motifs is 1. The van der Waals surface area contributed by atoms with Crippen molar-refractivity contribution in [3.05, 3.63) is 64.2 Å². The lowest BCUT2D eigenvalue weighted by Crippen LogP contribution is -2.37. The molecule has 2 aliphatic heterocycles. The minimum atomic E-state index is -3.18. The number of carbonyl (C=O) groups excluding carboxylic acids is 1. The van der Waals surface area contributed by atoms with Crippen LogP contribution in [-0.4, -0.2) is 42.9 Å². The Bertz CT molecular complexity index is 984. The number of hydrogen-bond donors (Lipinski definition) is 0. The maximum atomic E-state index is 13.3. The molecule has 4 rings (SSSR count). The molecular weight excluding hydrogens is 384 g/mol. The summed E-state index contributed by atoms with van der Waals surface area (Å²) in [5, 5.41) is 0.629. The molecule has 0 radical (unpaired) electrons. The number of benzene rings is 2. The second-order valence-electron chi connectivity index (χ2n) is 7.46. The van der Waals surface area contributed by atoms with E-state index in [9.17, 15) is 13.2 Å². The monoisotopic (exact) mass is 404 g/mol. The number of rotatable bonds is 3. The molecule has 0 saturated carbocycles. The minimum absolute atomic E-state index is 0.00745. The third-order valence-electron chi connectivity index (χ3n) is 5.23. The van der Waals surface area contributed by atoms with Crippen LogP contribution < -0.4 is 4.90 Å². The lowest BCUT2D eigenvalue weighted by atomic mass is 10.1. The molecule has 7 heteroatoms. The van der Waals surface area contributed by atoms with Gasteiger partial charge in [-0.05, 0) is 54.8 Å². The summed E-state index contributed by atoms with van der Waals surface area (Å²) in [6.45, 7) is 4.32. The molecule has 2 atom stereocenters. The fourth-order valence-corrected chi connectivity index (χ4v) is 6.22. The van der Waals surface area contributed by atoms with Gasteiger partial charge in [-0.1, -0.05) is 29.8 Å². The summed E-state index contributed by atoms with van der Waals surface area (Å²) in [7, 11) is -3.18. The smallest absolute Gasteiger partial charge is 0.314 e. The Morgan fingerprint density at radius 3 is 2.22 bits per heavy atom. The third-order valence-corrected chi connectivity index (χ3v) is 7.18. The van der Waals surface area contributed by atoms with Crippen LogP contribution in [0.1, 0.15) is 16.7 Å². The molecule has 0 bridgehead atoms. The van der Waals surface area contributed by atoms with Crippen LogP contribution in [0, 0.1) is 13.8 Å². The van der Waals surface area contributed by atoms with E-state index < -0.39 is 9.84 Å². The molecule has 0 N–H and O–H groups in total. The van der Waals surface area contributed by atoms with Gasteiger partial charge in [0, 0.05) is 17.3 Å². The molecule has 27 heavy (non-hydrogen) atoms. The van der Waals surface area contributed by atoms with Crippen molar-refractivity contribution in [3.8, 4) is 0 Å². The van der Waals surface area contributed by atoms with Crippen molar-refractivity contribution < 1.29 is 13.2 Å². The van der Waals surface area contributed by atoms with Gasteiger partial charge < -0.3 is 4.90 Å². The molecule has 0 aromatic heterocycles. The van der Waals surface area contributed by atoms with Crippen molar-refractivity contribution in [2.45, 2.75) is 32.5 Å². The standard InChI is InChI=1S/C20H21ClN2O3S/c1-13-7-14(2)9-17(8-13)23-19-12-27(25,26)11-18(19)22(20(23)24)10-15-3-5-16(21)6-4-15/h3-9,18-19H,10-12H2,1-2H3/t18-,19+/m0/s1. The zero-order valence-corrected chi connectivity index (χ0v) is 16.8. The van der Waals surface area contributed by atoms with E-state index in [2.05, 4.69) is 0 Å². The van der Waals surface area contributed by atoms with Gasteiger partial charge in [0.05, 0.1) is 23.6 Å². The summed E-state index contributed by atoms with van der Waals surface area (Å²) < 4.78 is 24.6. The molecule has 5 nitrogen and oxygen atoms in total. The topological polar surface area (TPSA) is 57.7 Å². The van der Waals surface area contributed by atoms with Crippen molar-refractivity contribution in [1.29, 1.82) is 0 Å². The number of sulfone groups is 1. The maximum absolute atomic E-state index is 13.3. The van der Waals surface area contributed by atoms with Crippen molar-refractivity contribution >= 4 is 33.2 Å². The van der Waals surface area contributed by atoms with E-state index in [1.165, 1.54) is 0 Å². The van der Waals surface area contributed by atoms with Gasteiger partial charge in [-0.2, -0.15) is 0 Å². The number of aryl methyl sites for hydroxylation is 2. The number of urea groups is 1. The summed E-state index contributed by atoms with van der Waals surface area (Å²) in [6.07, 6.45) is 0. The molecule has 2 fully saturated rings. The van der Waals surface area contributed by atoms with E-state index in [-0.39, 0.29) is 29.6 Å². The molecule has 2 saturated heterocycles. The molecule has 2 heterocycles. The van der Waals surface area contributed by atoms with Crippen LogP contribution in [0.25, 0.3) is 0 Å². The van der Waals surface area contributed by atoms with Gasteiger partial charge in [0.15, 0.2) is 9.84 Å². The number of hydrogen-bond acceptors (Lipinski definition) is 3. The highest BCUT2D eigenvalue weighted by Crippen LogP contribution is 2.36. The first-order valence-corrected chi connectivity index (χ1v) is 11.1. The predicted octanol–water partition coefficient (Wildman–Crippen LogP) is 3.56. The van der Waals surface area contributed by atoms with Crippen LogP contribution >= 0.6 is 11.6 Å². The predicted molar refractivity (Wildman–Crippen MR) is 107 cm³/mol. The molecule has 142 valence electrons. The molecule has 2 amide bonds. The molecular formula is C20H21ClN2O3S. The van der Waals surface area contributed by atoms with Gasteiger partial charge >= 0.3 is 6.03 Å². The second kappa shape index (κ2) is 6.53. The van der Waals surface area contributed by atoms with Crippen LogP contribution in [0.4, 0.5) is 10.5 Å². The highest BCUT2D eigenvalue weighted by atomic mass is 35.5. The Kier molecular flexibility index (Phi) is 4.43. The fourth-order valence-electron chi connectivity index (χ4n) is 4.14. The fraction of sp³-hybridized carbons (Fsp3) is 0.350. The summed E-state index contributed by atoms with van der Waals surface area (Å²) in [4.78, 5) is 16.6. The molecule has 0 unspecified atom stereocenters. The zero-order valence-electron chi connectivity index (χ0n) is 15.2. The Morgan fingerprint density at radius 1 is 1.00 bits per heavy atom. The average molecular weight is 405 g/mol. The second-order valence-corrected chi connectivity index (χ2v) is 10.1. The van der Waals surface area contributed by atoms with Gasteiger partial charge in [-0.3, -0.25) is 4.90 Å². The van der Waals surface area contributed by atoms with Crippen LogP contribution in [0.15, 0.2) is 42.5 Å². The molecule has 2 aliphatic rings. The lowest BCUT2D eigenvalue weighted by molar-refractivity contribution is 0.206. The largest absolute Gasteiger partial charge is 0.325 e. The summed E-state index contributed by atoms with van der Waals surface area (Å²) in [5.74, 6) is 0.0197. The Morgan fingerprint density at radius 2 is 1.59 bits per heavy atom. The zero-order chi connectivity index (χ0) is 19.3. The van der Waals surface area contributed by atoms with Crippen molar-refractivity contribution in [3.63, 3.8) is 0 Å². The van der Waals surface area contributed by atoms with Gasteiger partial charge in [-0.25, -0.2) is 13.2 Å². The van der Waals surface area contributed by atoms with Gasteiger partial charge in [0.25, 0.3) is 0 Å². The van der Waals surface area contributed by atoms with E-state index in [0.29, 0.717) is 11.6 Å². The van der Waals surface area contributed by atoms with Gasteiger partial charge in [-0.15, -0.1) is 0 Å². The SMILES string of the molecule is Cc1cc(C)cc(N2C(=O)N(Cc3ccc(Cl)cc3)[C@H]3CS(=O)(=O)C[C@H]32)c1. The van der Waals surface area contributed by atoms with E-state index in [1.54, 1.807) is 21.9 Å². The number of amides is 2. The highest BCUT2D eigenvalue weighted by Gasteiger charge is 2.53. The normalized spacial score (nSPS) is 23.7. The molecule has 2 aromatic rings. The number of nitrogens with zero attached hydrogens (tertiary/aromatic N) is 2. The van der Waals surface area contributed by atoms with E-state index in [0.717, 1.165) is 22.4 Å². The minimum Gasteiger partial charge on any atom is -0.314 e. The van der Waals surface area contributed by atoms with E-state index >= 15 is 0 Å². The first kappa shape index (κ1) is 18.3. The molecule has 0 aliphatic carbocycles.